The van der Waals surface area contributed by atoms with Gasteiger partial charge in [0, 0.05) is 45.0 Å². The SMILES string of the molecule is CCC(C)NC(=O)c1ccc(CNC(=NC)NCCCOC2CCOC2)cc1.I. The summed E-state index contributed by atoms with van der Waals surface area (Å²) in [5.74, 6) is 0.723. The molecule has 2 unspecified atom stereocenters. The topological polar surface area (TPSA) is 84.0 Å². The molecule has 29 heavy (non-hydrogen) atoms. The third-order valence-corrected chi connectivity index (χ3v) is 4.74. The van der Waals surface area contributed by atoms with Crippen LogP contribution in [0.5, 0.6) is 0 Å². The molecule has 1 aromatic carbocycles. The second kappa shape index (κ2) is 14.6. The molecule has 1 fully saturated rings. The maximum Gasteiger partial charge on any atom is 0.251 e. The van der Waals surface area contributed by atoms with Gasteiger partial charge < -0.3 is 25.4 Å². The third kappa shape index (κ3) is 9.77. The zero-order valence-electron chi connectivity index (χ0n) is 17.7. The predicted molar refractivity (Wildman–Crippen MR) is 127 cm³/mol. The number of aliphatic imine (C=N–C) groups is 1. The van der Waals surface area contributed by atoms with E-state index in [0.717, 1.165) is 50.5 Å². The summed E-state index contributed by atoms with van der Waals surface area (Å²) in [5.41, 5.74) is 1.77. The molecule has 0 aliphatic carbocycles. The molecule has 1 heterocycles. The first-order valence-corrected chi connectivity index (χ1v) is 10.2. The number of guanidine groups is 1. The van der Waals surface area contributed by atoms with Gasteiger partial charge in [-0.05, 0) is 43.9 Å². The molecule has 0 saturated carbocycles. The maximum atomic E-state index is 12.1. The van der Waals surface area contributed by atoms with Crippen molar-refractivity contribution in [3.8, 4) is 0 Å². The van der Waals surface area contributed by atoms with Crippen molar-refractivity contribution in [2.45, 2.75) is 51.8 Å². The Balaban J connectivity index is 0.00000420. The second-order valence-electron chi connectivity index (χ2n) is 7.04. The van der Waals surface area contributed by atoms with Gasteiger partial charge in [-0.1, -0.05) is 19.1 Å². The number of hydrogen-bond acceptors (Lipinski definition) is 4. The van der Waals surface area contributed by atoms with Crippen LogP contribution in [0.2, 0.25) is 0 Å². The average Bonchev–Trinajstić information content (AvgIpc) is 3.23. The Labute approximate surface area is 191 Å². The summed E-state index contributed by atoms with van der Waals surface area (Å²) in [4.78, 5) is 16.4. The van der Waals surface area contributed by atoms with Gasteiger partial charge in [-0.3, -0.25) is 9.79 Å². The number of nitrogens with zero attached hydrogens (tertiary/aromatic N) is 1. The van der Waals surface area contributed by atoms with Crippen molar-refractivity contribution < 1.29 is 14.3 Å². The summed E-state index contributed by atoms with van der Waals surface area (Å²) in [6.07, 6.45) is 3.08. The highest BCUT2D eigenvalue weighted by atomic mass is 127. The number of halogens is 1. The van der Waals surface area contributed by atoms with Crippen molar-refractivity contribution in [2.75, 3.05) is 33.4 Å². The highest BCUT2D eigenvalue weighted by molar-refractivity contribution is 14.0. The van der Waals surface area contributed by atoms with E-state index in [1.807, 2.05) is 31.2 Å². The van der Waals surface area contributed by atoms with Crippen LogP contribution in [0.1, 0.15) is 49.0 Å². The van der Waals surface area contributed by atoms with E-state index < -0.39 is 0 Å². The van der Waals surface area contributed by atoms with E-state index >= 15 is 0 Å². The first-order chi connectivity index (χ1) is 13.6. The van der Waals surface area contributed by atoms with E-state index in [0.29, 0.717) is 18.7 Å². The standard InChI is InChI=1S/C21H34N4O3.HI/c1-4-16(2)25-20(26)18-8-6-17(7-9-18)14-24-21(22-3)23-11-5-12-28-19-10-13-27-15-19;/h6-9,16,19H,4-5,10-15H2,1-3H3,(H,25,26)(H2,22,23,24);1H. The van der Waals surface area contributed by atoms with Gasteiger partial charge in [0.15, 0.2) is 5.96 Å². The Morgan fingerprint density at radius 1 is 1.31 bits per heavy atom. The highest BCUT2D eigenvalue weighted by Crippen LogP contribution is 2.08. The number of nitrogens with one attached hydrogen (secondary N) is 3. The van der Waals surface area contributed by atoms with E-state index in [9.17, 15) is 4.79 Å². The van der Waals surface area contributed by atoms with Gasteiger partial charge in [0.05, 0.1) is 12.7 Å². The number of carbonyl (C=O) groups is 1. The highest BCUT2D eigenvalue weighted by Gasteiger charge is 2.15. The summed E-state index contributed by atoms with van der Waals surface area (Å²) in [6.45, 7) is 7.74. The van der Waals surface area contributed by atoms with Gasteiger partial charge in [-0.15, -0.1) is 24.0 Å². The molecule has 164 valence electrons. The molecule has 2 atom stereocenters. The smallest absolute Gasteiger partial charge is 0.251 e. The van der Waals surface area contributed by atoms with Gasteiger partial charge in [0.25, 0.3) is 5.91 Å². The summed E-state index contributed by atoms with van der Waals surface area (Å²) in [7, 11) is 1.75. The molecular formula is C21H35IN4O3. The quantitative estimate of drug-likeness (QED) is 0.192. The van der Waals surface area contributed by atoms with Crippen molar-refractivity contribution in [2.24, 2.45) is 4.99 Å². The van der Waals surface area contributed by atoms with Crippen LogP contribution in [-0.4, -0.2) is 57.4 Å². The van der Waals surface area contributed by atoms with Crippen molar-refractivity contribution in [1.82, 2.24) is 16.0 Å². The number of ether oxygens (including phenoxy) is 2. The Morgan fingerprint density at radius 3 is 2.69 bits per heavy atom. The molecule has 8 heteroatoms. The van der Waals surface area contributed by atoms with E-state index in [1.165, 1.54) is 0 Å². The predicted octanol–water partition coefficient (Wildman–Crippen LogP) is 2.69. The normalized spacial score (nSPS) is 17.3. The Kier molecular flexibility index (Phi) is 12.9. The van der Waals surface area contributed by atoms with Crippen molar-refractivity contribution >= 4 is 35.8 Å². The van der Waals surface area contributed by atoms with Crippen LogP contribution >= 0.6 is 24.0 Å². The molecule has 3 N–H and O–H groups in total. The molecule has 1 aromatic rings. The summed E-state index contributed by atoms with van der Waals surface area (Å²) < 4.78 is 11.0. The van der Waals surface area contributed by atoms with Crippen LogP contribution in [0, 0.1) is 0 Å². The van der Waals surface area contributed by atoms with E-state index in [1.54, 1.807) is 7.05 Å². The fourth-order valence-electron chi connectivity index (χ4n) is 2.76. The minimum atomic E-state index is -0.0299. The molecular weight excluding hydrogens is 483 g/mol. The molecule has 1 aliphatic heterocycles. The zero-order chi connectivity index (χ0) is 20.2. The molecule has 0 radical (unpaired) electrons. The molecule has 0 spiro atoms. The Hall–Kier alpha value is -1.39. The van der Waals surface area contributed by atoms with E-state index in [4.69, 9.17) is 9.47 Å². The molecule has 2 rings (SSSR count). The Morgan fingerprint density at radius 2 is 2.07 bits per heavy atom. The van der Waals surface area contributed by atoms with Crippen LogP contribution < -0.4 is 16.0 Å². The first-order valence-electron chi connectivity index (χ1n) is 10.2. The molecule has 0 aromatic heterocycles. The van der Waals surface area contributed by atoms with Gasteiger partial charge in [-0.2, -0.15) is 0 Å². The van der Waals surface area contributed by atoms with Crippen LogP contribution in [0.4, 0.5) is 0 Å². The van der Waals surface area contributed by atoms with Crippen LogP contribution in [0.15, 0.2) is 29.3 Å². The number of benzene rings is 1. The van der Waals surface area contributed by atoms with Crippen molar-refractivity contribution in [1.29, 1.82) is 0 Å². The third-order valence-electron chi connectivity index (χ3n) is 4.74. The van der Waals surface area contributed by atoms with Crippen LogP contribution in [0.25, 0.3) is 0 Å². The summed E-state index contributed by atoms with van der Waals surface area (Å²) in [6, 6.07) is 7.82. The molecule has 1 aliphatic rings. The van der Waals surface area contributed by atoms with Gasteiger partial charge in [-0.25, -0.2) is 0 Å². The van der Waals surface area contributed by atoms with Gasteiger partial charge in [0.1, 0.15) is 0 Å². The fourth-order valence-corrected chi connectivity index (χ4v) is 2.76. The summed E-state index contributed by atoms with van der Waals surface area (Å²) >= 11 is 0. The van der Waals surface area contributed by atoms with E-state index in [2.05, 4.69) is 27.9 Å². The molecule has 0 bridgehead atoms. The number of hydrogen-bond donors (Lipinski definition) is 3. The van der Waals surface area contributed by atoms with Crippen LogP contribution in [0.3, 0.4) is 0 Å². The second-order valence-corrected chi connectivity index (χ2v) is 7.04. The maximum absolute atomic E-state index is 12.1. The van der Waals surface area contributed by atoms with Crippen molar-refractivity contribution in [3.05, 3.63) is 35.4 Å². The number of amides is 1. The van der Waals surface area contributed by atoms with Crippen LogP contribution in [-0.2, 0) is 16.0 Å². The molecule has 1 saturated heterocycles. The monoisotopic (exact) mass is 518 g/mol. The van der Waals surface area contributed by atoms with Gasteiger partial charge in [0.2, 0.25) is 0 Å². The number of rotatable bonds is 10. The zero-order valence-corrected chi connectivity index (χ0v) is 20.0. The largest absolute Gasteiger partial charge is 0.379 e. The van der Waals surface area contributed by atoms with Crippen molar-refractivity contribution in [3.63, 3.8) is 0 Å². The fraction of sp³-hybridized carbons (Fsp3) is 0.619. The lowest BCUT2D eigenvalue weighted by atomic mass is 10.1. The number of carbonyl (C=O) groups excluding carboxylic acids is 1. The minimum Gasteiger partial charge on any atom is -0.379 e. The lowest BCUT2D eigenvalue weighted by Gasteiger charge is -2.14. The first kappa shape index (κ1) is 25.6. The van der Waals surface area contributed by atoms with E-state index in [-0.39, 0.29) is 42.0 Å². The van der Waals surface area contributed by atoms with Gasteiger partial charge >= 0.3 is 0 Å². The minimum absolute atomic E-state index is 0. The average molecular weight is 518 g/mol. The Bertz CT molecular complexity index is 619. The molecule has 7 nitrogen and oxygen atoms in total. The lowest BCUT2D eigenvalue weighted by Crippen LogP contribution is -2.37. The summed E-state index contributed by atoms with van der Waals surface area (Å²) in [5, 5.41) is 9.55. The molecule has 1 amide bonds. The lowest BCUT2D eigenvalue weighted by molar-refractivity contribution is 0.0420.